The van der Waals surface area contributed by atoms with Gasteiger partial charge >= 0.3 is 0 Å². The zero-order valence-corrected chi connectivity index (χ0v) is 14.5. The van der Waals surface area contributed by atoms with E-state index in [4.69, 9.17) is 10.9 Å². The van der Waals surface area contributed by atoms with Crippen molar-refractivity contribution in [1.29, 1.82) is 0 Å². The SMILES string of the molecule is C=CNc1ncc(C(N)=O)cn1.NS(=O)(=O)c1ccc2ccccc2c1. The highest BCUT2D eigenvalue weighted by Gasteiger charge is 2.07. The van der Waals surface area contributed by atoms with Crippen molar-refractivity contribution < 1.29 is 13.2 Å². The van der Waals surface area contributed by atoms with Crippen molar-refractivity contribution >= 4 is 32.7 Å². The molecule has 0 atom stereocenters. The Morgan fingerprint density at radius 3 is 2.23 bits per heavy atom. The molecule has 0 aliphatic carbocycles. The number of nitrogens with zero attached hydrogens (tertiary/aromatic N) is 2. The molecule has 134 valence electrons. The lowest BCUT2D eigenvalue weighted by atomic mass is 10.1. The van der Waals surface area contributed by atoms with Crippen molar-refractivity contribution in [2.45, 2.75) is 4.90 Å². The Balaban J connectivity index is 0.000000190. The van der Waals surface area contributed by atoms with Crippen LogP contribution >= 0.6 is 0 Å². The molecule has 9 heteroatoms. The van der Waals surface area contributed by atoms with Gasteiger partial charge in [-0.1, -0.05) is 36.9 Å². The number of benzene rings is 2. The van der Waals surface area contributed by atoms with Gasteiger partial charge in [0.1, 0.15) is 0 Å². The summed E-state index contributed by atoms with van der Waals surface area (Å²) in [6.07, 6.45) is 4.14. The average Bonchev–Trinajstić information content (AvgIpc) is 2.62. The standard InChI is InChI=1S/C10H9NO2S.C7H8N4O/c11-14(12,13)10-6-5-8-3-1-2-4-9(8)7-10;1-2-9-7-10-3-5(4-11-7)6(8)12/h1-7H,(H2,11,12,13);2-4H,1H2,(H2,8,12)(H,9,10,11). The molecular weight excluding hydrogens is 354 g/mol. The van der Waals surface area contributed by atoms with E-state index in [9.17, 15) is 13.2 Å². The van der Waals surface area contributed by atoms with Crippen LogP contribution in [-0.2, 0) is 10.0 Å². The Morgan fingerprint density at radius 1 is 1.08 bits per heavy atom. The summed E-state index contributed by atoms with van der Waals surface area (Å²) in [6, 6.07) is 12.4. The maximum absolute atomic E-state index is 11.1. The van der Waals surface area contributed by atoms with Crippen molar-refractivity contribution in [3.05, 3.63) is 73.2 Å². The number of anilines is 1. The van der Waals surface area contributed by atoms with Gasteiger partial charge in [0.05, 0.1) is 10.5 Å². The summed E-state index contributed by atoms with van der Waals surface area (Å²) in [5, 5.41) is 9.56. The molecule has 1 heterocycles. The van der Waals surface area contributed by atoms with E-state index in [2.05, 4.69) is 21.9 Å². The normalized spacial score (nSPS) is 10.5. The Labute approximate surface area is 150 Å². The van der Waals surface area contributed by atoms with Gasteiger partial charge in [0, 0.05) is 12.4 Å². The lowest BCUT2D eigenvalue weighted by molar-refractivity contribution is 0.0999. The number of sulfonamides is 1. The van der Waals surface area contributed by atoms with Gasteiger partial charge in [-0.15, -0.1) is 0 Å². The largest absolute Gasteiger partial charge is 0.366 e. The zero-order chi connectivity index (χ0) is 19.2. The number of hydrogen-bond acceptors (Lipinski definition) is 6. The summed E-state index contributed by atoms with van der Waals surface area (Å²) >= 11 is 0. The smallest absolute Gasteiger partial charge is 0.251 e. The molecule has 26 heavy (non-hydrogen) atoms. The molecule has 0 spiro atoms. The number of fused-ring (bicyclic) bond motifs is 1. The lowest BCUT2D eigenvalue weighted by Crippen LogP contribution is -2.12. The fourth-order valence-electron chi connectivity index (χ4n) is 1.97. The number of primary sulfonamides is 1. The molecule has 2 aromatic carbocycles. The van der Waals surface area contributed by atoms with Gasteiger partial charge in [-0.25, -0.2) is 23.5 Å². The zero-order valence-electron chi connectivity index (χ0n) is 13.7. The van der Waals surface area contributed by atoms with Gasteiger partial charge in [0.15, 0.2) is 0 Å². The van der Waals surface area contributed by atoms with Crippen LogP contribution in [0.2, 0.25) is 0 Å². The second-order valence-electron chi connectivity index (χ2n) is 5.06. The molecule has 0 unspecified atom stereocenters. The highest BCUT2D eigenvalue weighted by molar-refractivity contribution is 7.89. The van der Waals surface area contributed by atoms with Crippen LogP contribution in [0.1, 0.15) is 10.4 Å². The first-order valence-corrected chi connectivity index (χ1v) is 8.87. The molecule has 1 aromatic heterocycles. The van der Waals surface area contributed by atoms with Gasteiger partial charge in [-0.3, -0.25) is 4.79 Å². The van der Waals surface area contributed by atoms with Gasteiger partial charge in [-0.05, 0) is 29.1 Å². The molecule has 1 amide bonds. The maximum atomic E-state index is 11.1. The minimum absolute atomic E-state index is 0.149. The first-order valence-electron chi connectivity index (χ1n) is 7.32. The van der Waals surface area contributed by atoms with Gasteiger partial charge < -0.3 is 11.1 Å². The van der Waals surface area contributed by atoms with Crippen molar-refractivity contribution in [2.24, 2.45) is 10.9 Å². The molecule has 5 N–H and O–H groups in total. The average molecular weight is 371 g/mol. The van der Waals surface area contributed by atoms with E-state index in [1.807, 2.05) is 24.3 Å². The summed E-state index contributed by atoms with van der Waals surface area (Å²) in [5.41, 5.74) is 5.26. The second kappa shape index (κ2) is 8.19. The first-order chi connectivity index (χ1) is 12.3. The number of rotatable bonds is 4. The number of primary amides is 1. The van der Waals surface area contributed by atoms with Gasteiger partial charge in [0.2, 0.25) is 16.0 Å². The molecule has 0 fully saturated rings. The van der Waals surface area contributed by atoms with E-state index in [0.717, 1.165) is 10.8 Å². The molecule has 3 rings (SSSR count). The number of carbonyl (C=O) groups is 1. The van der Waals surface area contributed by atoms with Crippen molar-refractivity contribution in [3.63, 3.8) is 0 Å². The van der Waals surface area contributed by atoms with Gasteiger partial charge in [-0.2, -0.15) is 0 Å². The lowest BCUT2D eigenvalue weighted by Gasteiger charge is -2.00. The van der Waals surface area contributed by atoms with E-state index < -0.39 is 15.9 Å². The highest BCUT2D eigenvalue weighted by atomic mass is 32.2. The third kappa shape index (κ3) is 5.10. The van der Waals surface area contributed by atoms with E-state index in [1.165, 1.54) is 24.7 Å². The van der Waals surface area contributed by atoms with Crippen molar-refractivity contribution in [3.8, 4) is 0 Å². The fraction of sp³-hybridized carbons (Fsp3) is 0. The monoisotopic (exact) mass is 371 g/mol. The molecule has 0 aliphatic rings. The van der Waals surface area contributed by atoms with Crippen molar-refractivity contribution in [1.82, 2.24) is 9.97 Å². The van der Waals surface area contributed by atoms with Crippen LogP contribution in [0.3, 0.4) is 0 Å². The molecule has 0 saturated carbocycles. The Bertz CT molecular complexity index is 1030. The molecule has 8 nitrogen and oxygen atoms in total. The number of nitrogens with one attached hydrogen (secondary N) is 1. The van der Waals surface area contributed by atoms with Crippen LogP contribution in [0, 0.1) is 0 Å². The first kappa shape index (κ1) is 19.0. The summed E-state index contributed by atoms with van der Waals surface area (Å²) in [5.74, 6) is -0.157. The fourth-order valence-corrected chi connectivity index (χ4v) is 2.51. The number of nitrogens with two attached hydrogens (primary N) is 2. The number of amides is 1. The van der Waals surface area contributed by atoms with Crippen LogP contribution in [-0.4, -0.2) is 24.3 Å². The molecular formula is C17H17N5O3S. The minimum Gasteiger partial charge on any atom is -0.366 e. The maximum Gasteiger partial charge on any atom is 0.251 e. The van der Waals surface area contributed by atoms with E-state index in [1.54, 1.807) is 12.1 Å². The minimum atomic E-state index is -3.59. The predicted octanol–water partition coefficient (Wildman–Crippen LogP) is 1.62. The van der Waals surface area contributed by atoms with Crippen molar-refractivity contribution in [2.75, 3.05) is 5.32 Å². The second-order valence-corrected chi connectivity index (χ2v) is 6.62. The van der Waals surface area contributed by atoms with E-state index in [0.29, 0.717) is 5.95 Å². The summed E-state index contributed by atoms with van der Waals surface area (Å²) in [7, 11) is -3.59. The third-order valence-electron chi connectivity index (χ3n) is 3.22. The predicted molar refractivity (Wildman–Crippen MR) is 99.7 cm³/mol. The number of carbonyl (C=O) groups excluding carboxylic acids is 1. The highest BCUT2D eigenvalue weighted by Crippen LogP contribution is 2.17. The summed E-state index contributed by atoms with van der Waals surface area (Å²) < 4.78 is 22.1. The quantitative estimate of drug-likeness (QED) is 0.636. The van der Waals surface area contributed by atoms with E-state index in [-0.39, 0.29) is 10.5 Å². The third-order valence-corrected chi connectivity index (χ3v) is 4.13. The van der Waals surface area contributed by atoms with Crippen LogP contribution < -0.4 is 16.2 Å². The Kier molecular flexibility index (Phi) is 5.99. The van der Waals surface area contributed by atoms with Crippen LogP contribution in [0.15, 0.2) is 72.5 Å². The molecule has 3 aromatic rings. The summed E-state index contributed by atoms with van der Waals surface area (Å²) in [4.78, 5) is 18.3. The topological polar surface area (TPSA) is 141 Å². The molecule has 0 radical (unpaired) electrons. The molecule has 0 saturated heterocycles. The van der Waals surface area contributed by atoms with Crippen LogP contribution in [0.4, 0.5) is 5.95 Å². The van der Waals surface area contributed by atoms with Crippen LogP contribution in [0.25, 0.3) is 10.8 Å². The number of aromatic nitrogens is 2. The Hall–Kier alpha value is -3.30. The van der Waals surface area contributed by atoms with Gasteiger partial charge in [0.25, 0.3) is 5.91 Å². The number of hydrogen-bond donors (Lipinski definition) is 3. The molecule has 0 aliphatic heterocycles. The summed E-state index contributed by atoms with van der Waals surface area (Å²) in [6.45, 7) is 3.43. The van der Waals surface area contributed by atoms with Crippen LogP contribution in [0.5, 0.6) is 0 Å². The molecule has 0 bridgehead atoms. The van der Waals surface area contributed by atoms with E-state index >= 15 is 0 Å². The Morgan fingerprint density at radius 2 is 1.69 bits per heavy atom.